The molecule has 7 heterocycles. The molecule has 12 bridgehead atoms. The molecule has 0 fully saturated rings. The van der Waals surface area contributed by atoms with Crippen molar-refractivity contribution in [3.63, 3.8) is 0 Å². The number of benzene rings is 7. The minimum absolute atomic E-state index is 0. The fraction of sp³-hybridized carbons (Fsp3) is 0.0769. The number of aromatic nitrogens is 2. The first-order chi connectivity index (χ1) is 30.0. The van der Waals surface area contributed by atoms with Crippen molar-refractivity contribution in [2.75, 3.05) is 9.80 Å². The standard InChI is InChI=1S/C52H37N4O2.Pt/c1-52(2,3)45-31-51-53-32-44(45)35-21-25-38(26-22-35)57-37-23-19-34(20-24-37)41-13-4-6-15-46(41)55-33-54(48-17-8-9-18-49(48)55)36-11-10-12-39(29-36)58-40-27-28-43-42-14-5-7-16-47(42)56(51)50(43)30-40;/h4-28,31-33H,1-3H3;/q-3;/i5D,7D,14D,16D;. The van der Waals surface area contributed by atoms with Gasteiger partial charge >= 0.3 is 0 Å². The van der Waals surface area contributed by atoms with Gasteiger partial charge in [-0.25, -0.2) is 4.98 Å². The number of pyridine rings is 1. The Bertz CT molecular complexity index is 3270. The Morgan fingerprint density at radius 1 is 0.627 bits per heavy atom. The molecule has 0 atom stereocenters. The molecule has 0 N–H and O–H groups in total. The average Bonchev–Trinajstić information content (AvgIpc) is 3.84. The van der Waals surface area contributed by atoms with Crippen molar-refractivity contribution in [1.29, 1.82) is 0 Å². The first-order valence-electron chi connectivity index (χ1n) is 21.2. The van der Waals surface area contributed by atoms with Crippen LogP contribution in [0.1, 0.15) is 31.8 Å². The summed E-state index contributed by atoms with van der Waals surface area (Å²) in [4.78, 5) is 9.30. The molecule has 0 saturated heterocycles. The number of rotatable bonds is 0. The van der Waals surface area contributed by atoms with Crippen LogP contribution in [0.5, 0.6) is 23.0 Å². The number of ether oxygens (including phenoxy) is 2. The summed E-state index contributed by atoms with van der Waals surface area (Å²) in [6, 6.07) is 50.1. The Hall–Kier alpha value is -6.62. The molecule has 6 nitrogen and oxygen atoms in total. The molecule has 0 aliphatic carbocycles. The van der Waals surface area contributed by atoms with Gasteiger partial charge in [-0.3, -0.25) is 0 Å². The van der Waals surface area contributed by atoms with Gasteiger partial charge in [-0.1, -0.05) is 99.0 Å². The Kier molecular flexibility index (Phi) is 7.86. The van der Waals surface area contributed by atoms with E-state index in [-0.39, 0.29) is 50.6 Å². The minimum Gasteiger partial charge on any atom is -0.509 e. The summed E-state index contributed by atoms with van der Waals surface area (Å²) in [6.07, 6.45) is 1.84. The van der Waals surface area contributed by atoms with Crippen LogP contribution in [0.4, 0.5) is 22.7 Å². The van der Waals surface area contributed by atoms with Crippen LogP contribution in [0.15, 0.2) is 164 Å². The zero-order valence-electron chi connectivity index (χ0n) is 36.3. The summed E-state index contributed by atoms with van der Waals surface area (Å²) >= 11 is 0. The predicted molar refractivity (Wildman–Crippen MR) is 234 cm³/mol. The predicted octanol–water partition coefficient (Wildman–Crippen LogP) is 13.7. The van der Waals surface area contributed by atoms with Crippen LogP contribution in [0.25, 0.3) is 49.9 Å². The number of hydrogen-bond donors (Lipinski definition) is 0. The second-order valence-electron chi connectivity index (χ2n) is 15.5. The molecule has 290 valence electrons. The van der Waals surface area contributed by atoms with E-state index in [4.69, 9.17) is 19.9 Å². The molecule has 7 heteroatoms. The van der Waals surface area contributed by atoms with Crippen LogP contribution < -0.4 is 19.3 Å². The molecule has 59 heavy (non-hydrogen) atoms. The monoisotopic (exact) mass is 948 g/mol. The molecular weight excluding hydrogens is 908 g/mol. The number of hydrogen-bond acceptors (Lipinski definition) is 5. The maximum absolute atomic E-state index is 9.15. The summed E-state index contributed by atoms with van der Waals surface area (Å²) in [5, 5.41) is 0.982. The second kappa shape index (κ2) is 14.3. The van der Waals surface area contributed by atoms with Crippen molar-refractivity contribution in [2.24, 2.45) is 0 Å². The van der Waals surface area contributed by atoms with Crippen molar-refractivity contribution < 1.29 is 36.0 Å². The fourth-order valence-corrected chi connectivity index (χ4v) is 8.05. The van der Waals surface area contributed by atoms with Gasteiger partial charge < -0.3 is 23.8 Å². The van der Waals surface area contributed by atoms with Crippen LogP contribution in [-0.2, 0) is 26.5 Å². The van der Waals surface area contributed by atoms with E-state index in [0.29, 0.717) is 50.6 Å². The van der Waals surface area contributed by atoms with Crippen molar-refractivity contribution in [2.45, 2.75) is 26.2 Å². The Morgan fingerprint density at radius 3 is 2.03 bits per heavy atom. The molecule has 2 aromatic heterocycles. The number of fused-ring (bicyclic) bond motifs is 6. The van der Waals surface area contributed by atoms with E-state index in [1.165, 1.54) is 0 Å². The number of nitrogens with zero attached hydrogens (tertiary/aromatic N) is 4. The van der Waals surface area contributed by atoms with E-state index in [9.17, 15) is 0 Å². The van der Waals surface area contributed by atoms with Crippen LogP contribution >= 0.6 is 0 Å². The molecule has 0 amide bonds. The van der Waals surface area contributed by atoms with Crippen LogP contribution in [0.3, 0.4) is 0 Å². The van der Waals surface area contributed by atoms with Gasteiger partial charge in [-0.2, -0.15) is 12.1 Å². The molecule has 0 unspecified atom stereocenters. The smallest absolute Gasteiger partial charge is 0.135 e. The van der Waals surface area contributed by atoms with E-state index in [0.717, 1.165) is 50.6 Å². The Labute approximate surface area is 363 Å². The van der Waals surface area contributed by atoms with Gasteiger partial charge in [0.05, 0.1) is 5.48 Å². The zero-order valence-corrected chi connectivity index (χ0v) is 34.6. The molecule has 0 radical (unpaired) electrons. The molecule has 5 aliphatic rings. The zero-order chi connectivity index (χ0) is 42.4. The third-order valence-electron chi connectivity index (χ3n) is 10.8. The van der Waals surface area contributed by atoms with Gasteiger partial charge in [0.25, 0.3) is 0 Å². The molecule has 0 spiro atoms. The molecule has 7 aromatic carbocycles. The van der Waals surface area contributed by atoms with Gasteiger partial charge in [0.2, 0.25) is 0 Å². The van der Waals surface area contributed by atoms with Gasteiger partial charge in [-0.05, 0) is 82.1 Å². The van der Waals surface area contributed by atoms with Gasteiger partial charge in [0.15, 0.2) is 0 Å². The summed E-state index contributed by atoms with van der Waals surface area (Å²) in [5.74, 6) is 2.75. The SMILES string of the molecule is [2H]c1c([2H])c([2H])c2c(c1[2H])c1ccc3[c-]c1n2-c1cc(C(C)(C)C)c(cn1)-c1ccc(cc1)Oc1ccc(cc1)-c1ccccc1N1[CH-]N(c2[c-]c(ccc2)O3)c2ccccc21.[Pt]. The van der Waals surface area contributed by atoms with Crippen LogP contribution in [0.2, 0.25) is 0 Å². The quantitative estimate of drug-likeness (QED) is 0.142. The number of anilines is 4. The summed E-state index contributed by atoms with van der Waals surface area (Å²) in [6.45, 7) is 8.50. The van der Waals surface area contributed by atoms with Gasteiger partial charge in [0, 0.05) is 72.5 Å². The van der Waals surface area contributed by atoms with E-state index < -0.39 is 0 Å². The molecule has 0 saturated carbocycles. The third kappa shape index (κ3) is 6.36. The molecule has 9 aromatic rings. The van der Waals surface area contributed by atoms with E-state index in [1.807, 2.05) is 91.1 Å². The van der Waals surface area contributed by atoms with E-state index in [2.05, 4.69) is 91.8 Å². The molecule has 5 aliphatic heterocycles. The topological polar surface area (TPSA) is 42.8 Å². The second-order valence-corrected chi connectivity index (χ2v) is 15.5. The average molecular weight is 949 g/mol. The molecule has 14 rings (SSSR count). The number of para-hydroxylation sites is 4. The third-order valence-corrected chi connectivity index (χ3v) is 10.8. The van der Waals surface area contributed by atoms with Gasteiger partial charge in [0.1, 0.15) is 17.3 Å². The van der Waals surface area contributed by atoms with Crippen molar-refractivity contribution in [3.8, 4) is 51.1 Å². The summed E-state index contributed by atoms with van der Waals surface area (Å²) < 4.78 is 50.2. The van der Waals surface area contributed by atoms with Crippen molar-refractivity contribution in [1.82, 2.24) is 9.55 Å². The van der Waals surface area contributed by atoms with Crippen LogP contribution in [0, 0.1) is 18.8 Å². The van der Waals surface area contributed by atoms with Crippen molar-refractivity contribution >= 4 is 44.6 Å². The molecular formula is C52H37N4O2Pt-3. The first-order valence-corrected chi connectivity index (χ1v) is 19.2. The van der Waals surface area contributed by atoms with Gasteiger partial charge in [-0.15, -0.1) is 48.1 Å². The largest absolute Gasteiger partial charge is 0.509 e. The van der Waals surface area contributed by atoms with Crippen LogP contribution in [-0.4, -0.2) is 9.55 Å². The first kappa shape index (κ1) is 32.3. The minimum atomic E-state index is -0.341. The van der Waals surface area contributed by atoms with E-state index >= 15 is 0 Å². The fourth-order valence-electron chi connectivity index (χ4n) is 8.05. The summed E-state index contributed by atoms with van der Waals surface area (Å²) in [5.41, 5.74) is 9.25. The summed E-state index contributed by atoms with van der Waals surface area (Å²) in [7, 11) is 0. The Balaban J connectivity index is 0.00000471. The maximum atomic E-state index is 9.15. The maximum Gasteiger partial charge on any atom is 0.135 e. The normalized spacial score (nSPS) is 13.9. The van der Waals surface area contributed by atoms with E-state index in [1.54, 1.807) is 10.6 Å². The Morgan fingerprint density at radius 2 is 1.29 bits per heavy atom. The van der Waals surface area contributed by atoms with Crippen molar-refractivity contribution in [3.05, 3.63) is 188 Å².